The zero-order valence-electron chi connectivity index (χ0n) is 10.6. The minimum atomic E-state index is -0.330. The minimum absolute atomic E-state index is 0.168. The fourth-order valence-electron chi connectivity index (χ4n) is 2.67. The van der Waals surface area contributed by atoms with E-state index in [-0.39, 0.29) is 10.6 Å². The molecule has 1 aliphatic carbocycles. The van der Waals surface area contributed by atoms with Crippen LogP contribution in [-0.4, -0.2) is 11.5 Å². The van der Waals surface area contributed by atoms with Crippen LogP contribution >= 0.6 is 0 Å². The number of hydrogen-bond donors (Lipinski definition) is 1. The van der Waals surface area contributed by atoms with E-state index in [4.69, 9.17) is 0 Å². The predicted molar refractivity (Wildman–Crippen MR) is 72.8 cm³/mol. The van der Waals surface area contributed by atoms with Gasteiger partial charge < -0.3 is 5.32 Å². The third-order valence-electron chi connectivity index (χ3n) is 3.69. The molecule has 0 saturated heterocycles. The fourth-order valence-corrected chi connectivity index (χ4v) is 2.67. The van der Waals surface area contributed by atoms with Gasteiger partial charge in [-0.05, 0) is 18.4 Å². The van der Waals surface area contributed by atoms with Crippen LogP contribution in [0.4, 0.5) is 11.4 Å². The van der Waals surface area contributed by atoms with E-state index in [1.54, 1.807) is 18.2 Å². The SMILES string of the molecule is O=[N+]([O-])c1ccccc1NCCC1CCCCC1. The van der Waals surface area contributed by atoms with Crippen LogP contribution in [0, 0.1) is 16.0 Å². The average Bonchev–Trinajstić information content (AvgIpc) is 2.40. The summed E-state index contributed by atoms with van der Waals surface area (Å²) in [6.07, 6.45) is 7.81. The van der Waals surface area contributed by atoms with Crippen LogP contribution in [0.2, 0.25) is 0 Å². The Labute approximate surface area is 108 Å². The molecule has 18 heavy (non-hydrogen) atoms. The molecule has 1 N–H and O–H groups in total. The van der Waals surface area contributed by atoms with Crippen molar-refractivity contribution in [2.75, 3.05) is 11.9 Å². The number of rotatable bonds is 5. The van der Waals surface area contributed by atoms with Crippen LogP contribution in [0.3, 0.4) is 0 Å². The highest BCUT2D eigenvalue weighted by Gasteiger charge is 2.14. The second-order valence-electron chi connectivity index (χ2n) is 4.99. The fraction of sp³-hybridized carbons (Fsp3) is 0.571. The zero-order chi connectivity index (χ0) is 12.8. The van der Waals surface area contributed by atoms with Gasteiger partial charge in [0.2, 0.25) is 0 Å². The van der Waals surface area contributed by atoms with Crippen LogP contribution in [-0.2, 0) is 0 Å². The standard InChI is InChI=1S/C14H20N2O2/c17-16(18)14-9-5-4-8-13(14)15-11-10-12-6-2-1-3-7-12/h4-5,8-9,12,15H,1-3,6-7,10-11H2. The van der Waals surface area contributed by atoms with Gasteiger partial charge in [0.15, 0.2) is 0 Å². The van der Waals surface area contributed by atoms with Gasteiger partial charge in [-0.25, -0.2) is 0 Å². The Bertz CT molecular complexity index is 401. The zero-order valence-corrected chi connectivity index (χ0v) is 10.6. The van der Waals surface area contributed by atoms with Gasteiger partial charge in [0, 0.05) is 12.6 Å². The highest BCUT2D eigenvalue weighted by Crippen LogP contribution is 2.27. The molecule has 0 atom stereocenters. The molecule has 1 saturated carbocycles. The molecule has 0 aromatic heterocycles. The van der Waals surface area contributed by atoms with Crippen LogP contribution < -0.4 is 5.32 Å². The van der Waals surface area contributed by atoms with Crippen molar-refractivity contribution < 1.29 is 4.92 Å². The number of anilines is 1. The number of nitrogens with zero attached hydrogens (tertiary/aromatic N) is 1. The largest absolute Gasteiger partial charge is 0.379 e. The van der Waals surface area contributed by atoms with Crippen LogP contribution in [0.15, 0.2) is 24.3 Å². The second kappa shape index (κ2) is 6.38. The lowest BCUT2D eigenvalue weighted by Crippen LogP contribution is -2.12. The number of hydrogen-bond acceptors (Lipinski definition) is 3. The topological polar surface area (TPSA) is 55.2 Å². The molecule has 4 heteroatoms. The molecule has 0 unspecified atom stereocenters. The Hall–Kier alpha value is -1.58. The molecular formula is C14H20N2O2. The lowest BCUT2D eigenvalue weighted by Gasteiger charge is -2.21. The number of para-hydroxylation sites is 2. The monoisotopic (exact) mass is 248 g/mol. The molecule has 1 fully saturated rings. The summed E-state index contributed by atoms with van der Waals surface area (Å²) in [4.78, 5) is 10.5. The smallest absolute Gasteiger partial charge is 0.292 e. The maximum atomic E-state index is 10.9. The molecule has 2 rings (SSSR count). The molecule has 0 radical (unpaired) electrons. The summed E-state index contributed by atoms with van der Waals surface area (Å²) in [6, 6.07) is 6.85. The van der Waals surface area contributed by atoms with E-state index in [0.29, 0.717) is 5.69 Å². The van der Waals surface area contributed by atoms with Crippen molar-refractivity contribution in [2.45, 2.75) is 38.5 Å². The predicted octanol–water partition coefficient (Wildman–Crippen LogP) is 3.98. The van der Waals surface area contributed by atoms with Crippen LogP contribution in [0.5, 0.6) is 0 Å². The molecule has 98 valence electrons. The molecule has 4 nitrogen and oxygen atoms in total. The second-order valence-corrected chi connectivity index (χ2v) is 4.99. The summed E-state index contributed by atoms with van der Waals surface area (Å²) in [7, 11) is 0. The Morgan fingerprint density at radius 1 is 1.22 bits per heavy atom. The summed E-state index contributed by atoms with van der Waals surface area (Å²) in [5.41, 5.74) is 0.805. The third-order valence-corrected chi connectivity index (χ3v) is 3.69. The van der Waals surface area contributed by atoms with Crippen molar-refractivity contribution in [1.82, 2.24) is 0 Å². The van der Waals surface area contributed by atoms with Gasteiger partial charge in [0.25, 0.3) is 5.69 Å². The van der Waals surface area contributed by atoms with E-state index in [9.17, 15) is 10.1 Å². The minimum Gasteiger partial charge on any atom is -0.379 e. The van der Waals surface area contributed by atoms with Gasteiger partial charge >= 0.3 is 0 Å². The van der Waals surface area contributed by atoms with E-state index in [0.717, 1.165) is 18.9 Å². The van der Waals surface area contributed by atoms with E-state index in [2.05, 4.69) is 5.32 Å². The molecule has 0 heterocycles. The number of nitrogens with one attached hydrogen (secondary N) is 1. The average molecular weight is 248 g/mol. The lowest BCUT2D eigenvalue weighted by molar-refractivity contribution is -0.384. The van der Waals surface area contributed by atoms with Crippen molar-refractivity contribution in [3.8, 4) is 0 Å². The van der Waals surface area contributed by atoms with Crippen LogP contribution in [0.25, 0.3) is 0 Å². The van der Waals surface area contributed by atoms with Crippen molar-refractivity contribution in [2.24, 2.45) is 5.92 Å². The van der Waals surface area contributed by atoms with Crippen LogP contribution in [0.1, 0.15) is 38.5 Å². The molecule has 1 aromatic rings. The van der Waals surface area contributed by atoms with E-state index >= 15 is 0 Å². The highest BCUT2D eigenvalue weighted by atomic mass is 16.6. The molecular weight excluding hydrogens is 228 g/mol. The summed E-state index contributed by atoms with van der Waals surface area (Å²) in [6.45, 7) is 0.829. The van der Waals surface area contributed by atoms with Gasteiger partial charge in [-0.2, -0.15) is 0 Å². The summed E-state index contributed by atoms with van der Waals surface area (Å²) in [5, 5.41) is 14.1. The molecule has 0 aliphatic heterocycles. The Morgan fingerprint density at radius 3 is 2.67 bits per heavy atom. The Kier molecular flexibility index (Phi) is 4.56. The Morgan fingerprint density at radius 2 is 1.94 bits per heavy atom. The molecule has 0 amide bonds. The van der Waals surface area contributed by atoms with Crippen molar-refractivity contribution in [3.63, 3.8) is 0 Å². The van der Waals surface area contributed by atoms with Gasteiger partial charge in [-0.1, -0.05) is 44.2 Å². The maximum Gasteiger partial charge on any atom is 0.292 e. The van der Waals surface area contributed by atoms with Gasteiger partial charge in [-0.3, -0.25) is 10.1 Å². The quantitative estimate of drug-likeness (QED) is 0.633. The Balaban J connectivity index is 1.84. The van der Waals surface area contributed by atoms with E-state index in [1.807, 2.05) is 6.07 Å². The first-order chi connectivity index (χ1) is 8.77. The van der Waals surface area contributed by atoms with Crippen molar-refractivity contribution in [1.29, 1.82) is 0 Å². The molecule has 0 spiro atoms. The summed E-state index contributed by atoms with van der Waals surface area (Å²) >= 11 is 0. The van der Waals surface area contributed by atoms with Gasteiger partial charge in [0.05, 0.1) is 4.92 Å². The third kappa shape index (κ3) is 3.45. The molecule has 1 aliphatic rings. The van der Waals surface area contributed by atoms with Gasteiger partial charge in [0.1, 0.15) is 5.69 Å². The van der Waals surface area contributed by atoms with E-state index in [1.165, 1.54) is 32.1 Å². The summed E-state index contributed by atoms with van der Waals surface area (Å²) < 4.78 is 0. The maximum absolute atomic E-state index is 10.9. The first-order valence-corrected chi connectivity index (χ1v) is 6.74. The normalized spacial score (nSPS) is 16.4. The highest BCUT2D eigenvalue weighted by molar-refractivity contribution is 5.60. The number of nitro benzene ring substituents is 1. The first kappa shape index (κ1) is 12.9. The number of benzene rings is 1. The van der Waals surface area contributed by atoms with Crippen molar-refractivity contribution in [3.05, 3.63) is 34.4 Å². The van der Waals surface area contributed by atoms with Gasteiger partial charge in [-0.15, -0.1) is 0 Å². The molecule has 0 bridgehead atoms. The van der Waals surface area contributed by atoms with E-state index < -0.39 is 0 Å². The van der Waals surface area contributed by atoms with Crippen molar-refractivity contribution >= 4 is 11.4 Å². The molecule has 1 aromatic carbocycles. The lowest BCUT2D eigenvalue weighted by atomic mass is 9.87. The first-order valence-electron chi connectivity index (χ1n) is 6.74. The summed E-state index contributed by atoms with van der Waals surface area (Å²) in [5.74, 6) is 0.800. The number of nitro groups is 1.